The van der Waals surface area contributed by atoms with Crippen LogP contribution in [0.5, 0.6) is 17.2 Å². The molecule has 0 radical (unpaired) electrons. The van der Waals surface area contributed by atoms with Gasteiger partial charge in [0.2, 0.25) is 0 Å². The van der Waals surface area contributed by atoms with Gasteiger partial charge in [0.15, 0.2) is 11.5 Å². The van der Waals surface area contributed by atoms with Gasteiger partial charge >= 0.3 is 0 Å². The van der Waals surface area contributed by atoms with E-state index in [2.05, 4.69) is 6.92 Å². The maximum Gasteiger partial charge on any atom is 0.169 e. The highest BCUT2D eigenvalue weighted by molar-refractivity contribution is 6.32. The molecule has 0 aliphatic rings. The van der Waals surface area contributed by atoms with Gasteiger partial charge in [-0.05, 0) is 42.7 Å². The third kappa shape index (κ3) is 4.13. The summed E-state index contributed by atoms with van der Waals surface area (Å²) in [4.78, 5) is 0. The Hall–Kier alpha value is -1.71. The van der Waals surface area contributed by atoms with Crippen LogP contribution in [0.3, 0.4) is 0 Å². The van der Waals surface area contributed by atoms with Crippen LogP contribution in [0.4, 0.5) is 0 Å². The number of hydrogen-bond acceptors (Lipinski definition) is 3. The van der Waals surface area contributed by atoms with Crippen molar-refractivity contribution in [2.45, 2.75) is 25.8 Å². The van der Waals surface area contributed by atoms with Gasteiger partial charge in [0, 0.05) is 6.04 Å². The van der Waals surface area contributed by atoms with Crippen LogP contribution in [-0.2, 0) is 6.42 Å². The SMILES string of the molecule is CCC(N)Cc1ccc(Oc2ccccc2OC)c(Cl)c1. The molecule has 1 atom stereocenters. The van der Waals surface area contributed by atoms with Crippen molar-refractivity contribution in [2.75, 3.05) is 7.11 Å². The quantitative estimate of drug-likeness (QED) is 0.859. The molecule has 0 aliphatic heterocycles. The summed E-state index contributed by atoms with van der Waals surface area (Å²) in [5, 5.41) is 0.571. The third-order valence-corrected chi connectivity index (χ3v) is 3.60. The number of halogens is 1. The van der Waals surface area contributed by atoms with Gasteiger partial charge < -0.3 is 15.2 Å². The number of ether oxygens (including phenoxy) is 2. The van der Waals surface area contributed by atoms with Crippen LogP contribution in [0.1, 0.15) is 18.9 Å². The smallest absolute Gasteiger partial charge is 0.169 e. The van der Waals surface area contributed by atoms with Crippen molar-refractivity contribution in [3.8, 4) is 17.2 Å². The second-order valence-electron chi connectivity index (χ2n) is 4.89. The Morgan fingerprint density at radius 1 is 1.10 bits per heavy atom. The number of rotatable bonds is 6. The molecule has 0 saturated carbocycles. The van der Waals surface area contributed by atoms with Crippen molar-refractivity contribution < 1.29 is 9.47 Å². The molecular weight excluding hydrogens is 286 g/mol. The zero-order valence-corrected chi connectivity index (χ0v) is 13.1. The van der Waals surface area contributed by atoms with Crippen molar-refractivity contribution in [3.05, 3.63) is 53.1 Å². The molecule has 2 aromatic carbocycles. The Kier molecular flexibility index (Phi) is 5.48. The van der Waals surface area contributed by atoms with Crippen LogP contribution in [0, 0.1) is 0 Å². The molecule has 2 aromatic rings. The van der Waals surface area contributed by atoms with Crippen LogP contribution >= 0.6 is 11.6 Å². The van der Waals surface area contributed by atoms with E-state index in [9.17, 15) is 0 Å². The molecule has 112 valence electrons. The average Bonchev–Trinajstić information content (AvgIpc) is 2.50. The predicted octanol–water partition coefficient (Wildman–Crippen LogP) is 4.42. The summed E-state index contributed by atoms with van der Waals surface area (Å²) in [7, 11) is 1.61. The molecule has 21 heavy (non-hydrogen) atoms. The Morgan fingerprint density at radius 2 is 1.81 bits per heavy atom. The maximum atomic E-state index is 6.29. The maximum absolute atomic E-state index is 6.29. The van der Waals surface area contributed by atoms with Crippen LogP contribution < -0.4 is 15.2 Å². The molecule has 2 rings (SSSR count). The van der Waals surface area contributed by atoms with E-state index in [0.29, 0.717) is 22.3 Å². The summed E-state index contributed by atoms with van der Waals surface area (Å²) in [6, 6.07) is 13.4. The van der Waals surface area contributed by atoms with Crippen molar-refractivity contribution in [1.29, 1.82) is 0 Å². The average molecular weight is 306 g/mol. The fraction of sp³-hybridized carbons (Fsp3) is 0.294. The lowest BCUT2D eigenvalue weighted by molar-refractivity contribution is 0.379. The highest BCUT2D eigenvalue weighted by Gasteiger charge is 2.09. The molecule has 4 heteroatoms. The Bertz CT molecular complexity index is 601. The Balaban J connectivity index is 2.17. The Morgan fingerprint density at radius 3 is 2.43 bits per heavy atom. The first-order valence-electron chi connectivity index (χ1n) is 6.99. The number of methoxy groups -OCH3 is 1. The minimum atomic E-state index is 0.155. The second kappa shape index (κ2) is 7.34. The minimum Gasteiger partial charge on any atom is -0.493 e. The van der Waals surface area contributed by atoms with E-state index in [1.807, 2.05) is 42.5 Å². The van der Waals surface area contributed by atoms with Gasteiger partial charge in [-0.3, -0.25) is 0 Å². The molecule has 0 aliphatic carbocycles. The van der Waals surface area contributed by atoms with Gasteiger partial charge in [-0.2, -0.15) is 0 Å². The normalized spacial score (nSPS) is 12.0. The highest BCUT2D eigenvalue weighted by Crippen LogP contribution is 2.35. The van der Waals surface area contributed by atoms with E-state index in [-0.39, 0.29) is 6.04 Å². The van der Waals surface area contributed by atoms with Crippen LogP contribution in [0.25, 0.3) is 0 Å². The van der Waals surface area contributed by atoms with Gasteiger partial charge in [-0.1, -0.05) is 36.7 Å². The lowest BCUT2D eigenvalue weighted by atomic mass is 10.0. The molecule has 0 bridgehead atoms. The monoisotopic (exact) mass is 305 g/mol. The summed E-state index contributed by atoms with van der Waals surface area (Å²) >= 11 is 6.29. The summed E-state index contributed by atoms with van der Waals surface area (Å²) in [5.41, 5.74) is 7.08. The molecule has 0 amide bonds. The van der Waals surface area contributed by atoms with Crippen molar-refractivity contribution in [1.82, 2.24) is 0 Å². The molecule has 0 spiro atoms. The molecule has 0 heterocycles. The first kappa shape index (κ1) is 15.7. The number of para-hydroxylation sites is 2. The fourth-order valence-electron chi connectivity index (χ4n) is 2.02. The zero-order chi connectivity index (χ0) is 15.2. The van der Waals surface area contributed by atoms with E-state index < -0.39 is 0 Å². The second-order valence-corrected chi connectivity index (χ2v) is 5.30. The predicted molar refractivity (Wildman–Crippen MR) is 86.5 cm³/mol. The largest absolute Gasteiger partial charge is 0.493 e. The van der Waals surface area contributed by atoms with Gasteiger partial charge in [0.1, 0.15) is 5.75 Å². The molecule has 0 fully saturated rings. The molecule has 3 nitrogen and oxygen atoms in total. The lowest BCUT2D eigenvalue weighted by Crippen LogP contribution is -2.21. The van der Waals surface area contributed by atoms with E-state index in [1.54, 1.807) is 7.11 Å². The van der Waals surface area contributed by atoms with E-state index >= 15 is 0 Å². The summed E-state index contributed by atoms with van der Waals surface area (Å²) in [5.74, 6) is 1.92. The van der Waals surface area contributed by atoms with Gasteiger partial charge in [0.25, 0.3) is 0 Å². The van der Waals surface area contributed by atoms with Crippen LogP contribution in [0.2, 0.25) is 5.02 Å². The van der Waals surface area contributed by atoms with Crippen LogP contribution in [-0.4, -0.2) is 13.2 Å². The molecule has 0 aromatic heterocycles. The fourth-order valence-corrected chi connectivity index (χ4v) is 2.26. The zero-order valence-electron chi connectivity index (χ0n) is 12.3. The summed E-state index contributed by atoms with van der Waals surface area (Å²) < 4.78 is 11.1. The summed E-state index contributed by atoms with van der Waals surface area (Å²) in [6.07, 6.45) is 1.75. The molecule has 0 saturated heterocycles. The first-order chi connectivity index (χ1) is 10.1. The number of benzene rings is 2. The number of nitrogens with two attached hydrogens (primary N) is 1. The van der Waals surface area contributed by atoms with E-state index in [4.69, 9.17) is 26.8 Å². The van der Waals surface area contributed by atoms with E-state index in [0.717, 1.165) is 18.4 Å². The van der Waals surface area contributed by atoms with Crippen LogP contribution in [0.15, 0.2) is 42.5 Å². The Labute approximate surface area is 130 Å². The first-order valence-corrected chi connectivity index (χ1v) is 7.36. The summed E-state index contributed by atoms with van der Waals surface area (Å²) in [6.45, 7) is 2.07. The van der Waals surface area contributed by atoms with Crippen molar-refractivity contribution >= 4 is 11.6 Å². The molecular formula is C17H20ClNO2. The standard InChI is InChI=1S/C17H20ClNO2/c1-3-13(19)10-12-8-9-15(14(18)11-12)21-17-7-5-4-6-16(17)20-2/h4-9,11,13H,3,10,19H2,1-2H3. The molecule has 2 N–H and O–H groups in total. The van der Waals surface area contributed by atoms with Gasteiger partial charge in [-0.15, -0.1) is 0 Å². The highest BCUT2D eigenvalue weighted by atomic mass is 35.5. The van der Waals surface area contributed by atoms with Crippen molar-refractivity contribution in [3.63, 3.8) is 0 Å². The van der Waals surface area contributed by atoms with E-state index in [1.165, 1.54) is 0 Å². The minimum absolute atomic E-state index is 0.155. The van der Waals surface area contributed by atoms with Crippen molar-refractivity contribution in [2.24, 2.45) is 5.73 Å². The van der Waals surface area contributed by atoms with Gasteiger partial charge in [0.05, 0.1) is 12.1 Å². The lowest BCUT2D eigenvalue weighted by Gasteiger charge is -2.13. The van der Waals surface area contributed by atoms with Gasteiger partial charge in [-0.25, -0.2) is 0 Å². The third-order valence-electron chi connectivity index (χ3n) is 3.31. The number of hydrogen-bond donors (Lipinski definition) is 1. The molecule has 1 unspecified atom stereocenters. The topological polar surface area (TPSA) is 44.5 Å².